The fourth-order valence-corrected chi connectivity index (χ4v) is 1.03. The molecular formula is C6H14O3P. The molecule has 1 atom stereocenters. The first-order valence-corrected chi connectivity index (χ1v) is 4.62. The Balaban J connectivity index is 3.34. The summed E-state index contributed by atoms with van der Waals surface area (Å²) in [6.45, 7) is 4.49. The first kappa shape index (κ1) is 10.0. The summed E-state index contributed by atoms with van der Waals surface area (Å²) in [5.41, 5.74) is 0. The van der Waals surface area contributed by atoms with Crippen LogP contribution in [0.3, 0.4) is 0 Å². The van der Waals surface area contributed by atoms with Crippen molar-refractivity contribution < 1.29 is 14.0 Å². The fraction of sp³-hybridized carbons (Fsp3) is 1.00. The smallest absolute Gasteiger partial charge is 0.298 e. The van der Waals surface area contributed by atoms with Crippen molar-refractivity contribution in [2.75, 3.05) is 6.61 Å². The highest BCUT2D eigenvalue weighted by molar-refractivity contribution is 7.32. The van der Waals surface area contributed by atoms with Gasteiger partial charge in [0, 0.05) is 0 Å². The van der Waals surface area contributed by atoms with Crippen molar-refractivity contribution in [3.05, 3.63) is 0 Å². The molecule has 0 heterocycles. The predicted molar refractivity (Wildman–Crippen MR) is 39.8 cm³/mol. The van der Waals surface area contributed by atoms with Gasteiger partial charge in [0.1, 0.15) is 0 Å². The van der Waals surface area contributed by atoms with Crippen LogP contribution in [0.25, 0.3) is 0 Å². The summed E-state index contributed by atoms with van der Waals surface area (Å²) in [5.74, 6) is 0.422. The lowest BCUT2D eigenvalue weighted by molar-refractivity contribution is 0.224. The van der Waals surface area contributed by atoms with Gasteiger partial charge in [-0.2, -0.15) is 0 Å². The van der Waals surface area contributed by atoms with Crippen LogP contribution in [0.2, 0.25) is 0 Å². The molecule has 3 nitrogen and oxygen atoms in total. The molecule has 0 aliphatic carbocycles. The second-order valence-electron chi connectivity index (χ2n) is 2.22. The van der Waals surface area contributed by atoms with E-state index in [0.29, 0.717) is 12.5 Å². The van der Waals surface area contributed by atoms with Crippen molar-refractivity contribution in [2.24, 2.45) is 5.92 Å². The summed E-state index contributed by atoms with van der Waals surface area (Å²) >= 11 is 0. The van der Waals surface area contributed by atoms with E-state index in [4.69, 9.17) is 4.89 Å². The van der Waals surface area contributed by atoms with Gasteiger partial charge in [0.05, 0.1) is 6.61 Å². The van der Waals surface area contributed by atoms with Gasteiger partial charge in [-0.15, -0.1) is 0 Å². The maximum absolute atomic E-state index is 10.1. The minimum atomic E-state index is -2.39. The van der Waals surface area contributed by atoms with Gasteiger partial charge >= 0.3 is 8.25 Å². The van der Waals surface area contributed by atoms with Crippen LogP contribution in [-0.4, -0.2) is 11.5 Å². The monoisotopic (exact) mass is 165 g/mol. The Bertz CT molecular complexity index is 101. The molecule has 0 aromatic heterocycles. The van der Waals surface area contributed by atoms with Crippen molar-refractivity contribution in [2.45, 2.75) is 26.7 Å². The summed E-state index contributed by atoms with van der Waals surface area (Å²) in [5, 5.41) is 0. The maximum atomic E-state index is 10.1. The molecule has 0 aromatic carbocycles. The van der Waals surface area contributed by atoms with E-state index in [1.54, 1.807) is 0 Å². The summed E-state index contributed by atoms with van der Waals surface area (Å²) in [4.78, 5) is 8.28. The van der Waals surface area contributed by atoms with Crippen LogP contribution in [0, 0.1) is 5.92 Å². The molecule has 0 bridgehead atoms. The second-order valence-corrected chi connectivity index (χ2v) is 2.95. The summed E-state index contributed by atoms with van der Waals surface area (Å²) in [6.07, 6.45) is 2.00. The zero-order valence-corrected chi connectivity index (χ0v) is 7.30. The van der Waals surface area contributed by atoms with Gasteiger partial charge in [-0.05, 0) is 5.92 Å². The Kier molecular flexibility index (Phi) is 5.79. The van der Waals surface area contributed by atoms with Gasteiger partial charge in [-0.3, -0.25) is 9.42 Å². The van der Waals surface area contributed by atoms with Gasteiger partial charge in [-0.25, -0.2) is 4.57 Å². The Hall–Kier alpha value is 0.0200. The van der Waals surface area contributed by atoms with Gasteiger partial charge in [0.2, 0.25) is 0 Å². The number of hydrogen-bond acceptors (Lipinski definition) is 2. The highest BCUT2D eigenvalue weighted by Gasteiger charge is 2.04. The van der Waals surface area contributed by atoms with Gasteiger partial charge in [-0.1, -0.05) is 26.7 Å². The Morgan fingerprint density at radius 1 is 1.50 bits per heavy atom. The van der Waals surface area contributed by atoms with E-state index in [2.05, 4.69) is 4.52 Å². The highest BCUT2D eigenvalue weighted by atomic mass is 31.1. The van der Waals surface area contributed by atoms with Crippen LogP contribution in [0.15, 0.2) is 0 Å². The highest BCUT2D eigenvalue weighted by Crippen LogP contribution is 2.18. The second kappa shape index (κ2) is 5.78. The van der Waals surface area contributed by atoms with E-state index in [1.807, 2.05) is 13.8 Å². The molecule has 61 valence electrons. The van der Waals surface area contributed by atoms with Crippen LogP contribution >= 0.6 is 8.25 Å². The minimum Gasteiger partial charge on any atom is -0.298 e. The molecule has 4 heteroatoms. The Morgan fingerprint density at radius 2 is 2.00 bits per heavy atom. The topological polar surface area (TPSA) is 46.5 Å². The van der Waals surface area contributed by atoms with Gasteiger partial charge in [0.25, 0.3) is 0 Å². The van der Waals surface area contributed by atoms with Crippen LogP contribution in [0.1, 0.15) is 26.7 Å². The zero-order chi connectivity index (χ0) is 7.98. The third-order valence-corrected chi connectivity index (χ3v) is 1.95. The average Bonchev–Trinajstić information content (AvgIpc) is 1.90. The first-order valence-electron chi connectivity index (χ1n) is 3.49. The van der Waals surface area contributed by atoms with Crippen LogP contribution in [0.4, 0.5) is 0 Å². The van der Waals surface area contributed by atoms with Gasteiger partial charge in [0.15, 0.2) is 0 Å². The molecule has 0 amide bonds. The number of rotatable bonds is 5. The third-order valence-electron chi connectivity index (χ3n) is 1.58. The fourth-order valence-electron chi connectivity index (χ4n) is 0.694. The maximum Gasteiger partial charge on any atom is 0.366 e. The van der Waals surface area contributed by atoms with E-state index in [-0.39, 0.29) is 0 Å². The standard InChI is InChI=1S/C6H14O3P/c1-3-6(4-2)5-9-10(7)8/h6H,3-5H2,1-2H3,(H,7,8). The van der Waals surface area contributed by atoms with Crippen molar-refractivity contribution >= 4 is 8.25 Å². The van der Waals surface area contributed by atoms with Crippen LogP contribution in [-0.2, 0) is 9.09 Å². The molecule has 0 fully saturated rings. The molecule has 1 unspecified atom stereocenters. The Morgan fingerprint density at radius 3 is 2.30 bits per heavy atom. The van der Waals surface area contributed by atoms with E-state index in [0.717, 1.165) is 12.8 Å². The summed E-state index contributed by atoms with van der Waals surface area (Å²) in [7, 11) is -2.39. The van der Waals surface area contributed by atoms with E-state index >= 15 is 0 Å². The zero-order valence-electron chi connectivity index (χ0n) is 6.41. The number of hydrogen-bond donors (Lipinski definition) is 1. The quantitative estimate of drug-likeness (QED) is 0.634. The molecule has 0 rings (SSSR count). The van der Waals surface area contributed by atoms with E-state index in [9.17, 15) is 4.57 Å². The molecule has 0 spiro atoms. The molecule has 0 saturated heterocycles. The molecule has 1 N–H and O–H groups in total. The minimum absolute atomic E-state index is 0.401. The molecule has 0 aliphatic rings. The van der Waals surface area contributed by atoms with Crippen molar-refractivity contribution in [3.63, 3.8) is 0 Å². The normalized spacial score (nSPS) is 12.2. The van der Waals surface area contributed by atoms with Crippen LogP contribution in [0.5, 0.6) is 0 Å². The SMILES string of the molecule is CCC(CC)CO[P](=O)O. The third kappa shape index (κ3) is 4.86. The molecule has 0 aromatic rings. The first-order chi connectivity index (χ1) is 4.70. The largest absolute Gasteiger partial charge is 0.366 e. The lowest BCUT2D eigenvalue weighted by Crippen LogP contribution is -2.03. The molecule has 0 saturated carbocycles. The molecule has 0 aliphatic heterocycles. The van der Waals surface area contributed by atoms with E-state index in [1.165, 1.54) is 0 Å². The van der Waals surface area contributed by atoms with Crippen LogP contribution < -0.4 is 0 Å². The van der Waals surface area contributed by atoms with Crippen molar-refractivity contribution in [1.82, 2.24) is 0 Å². The molecular weight excluding hydrogens is 151 g/mol. The van der Waals surface area contributed by atoms with Gasteiger partial charge < -0.3 is 0 Å². The summed E-state index contributed by atoms with van der Waals surface area (Å²) < 4.78 is 14.6. The molecule has 10 heavy (non-hydrogen) atoms. The van der Waals surface area contributed by atoms with E-state index < -0.39 is 8.25 Å². The molecule has 1 radical (unpaired) electrons. The lowest BCUT2D eigenvalue weighted by Gasteiger charge is -2.08. The van der Waals surface area contributed by atoms with Crippen molar-refractivity contribution in [1.29, 1.82) is 0 Å². The van der Waals surface area contributed by atoms with Crippen molar-refractivity contribution in [3.8, 4) is 0 Å². The lowest BCUT2D eigenvalue weighted by atomic mass is 10.1. The Labute approximate surface area is 62.3 Å². The average molecular weight is 165 g/mol. The summed E-state index contributed by atoms with van der Waals surface area (Å²) in [6, 6.07) is 0. The predicted octanol–water partition coefficient (Wildman–Crippen LogP) is 2.09.